The Morgan fingerprint density at radius 1 is 0.881 bits per heavy atom. The number of carbonyl (C=O) groups is 2. The van der Waals surface area contributed by atoms with Gasteiger partial charge in [0.1, 0.15) is 30.0 Å². The number of carbonyl (C=O) groups excluding carboxylic acids is 2. The molecule has 226 valence electrons. The molecule has 0 aromatic heterocycles. The molecule has 1 atom stereocenters. The number of ether oxygens (including phenoxy) is 1. The molecule has 0 aliphatic carbocycles. The van der Waals surface area contributed by atoms with Gasteiger partial charge < -0.3 is 15.0 Å². The maximum absolute atomic E-state index is 14.0. The molecule has 1 N–H and O–H groups in total. The monoisotopic (exact) mass is 601 g/mol. The van der Waals surface area contributed by atoms with Gasteiger partial charge in [0.05, 0.1) is 17.2 Å². The van der Waals surface area contributed by atoms with Crippen LogP contribution in [0.1, 0.15) is 45.6 Å². The van der Waals surface area contributed by atoms with E-state index in [1.54, 1.807) is 19.1 Å². The number of unbranched alkanes of at least 4 members (excludes halogenated alkanes) is 1. The zero-order valence-electron chi connectivity index (χ0n) is 24.1. The lowest BCUT2D eigenvalue weighted by molar-refractivity contribution is -0.140. The quantitative estimate of drug-likeness (QED) is 0.239. The van der Waals surface area contributed by atoms with E-state index >= 15 is 0 Å². The molecule has 0 aliphatic heterocycles. The van der Waals surface area contributed by atoms with Crippen molar-refractivity contribution in [2.75, 3.05) is 24.0 Å². The highest BCUT2D eigenvalue weighted by molar-refractivity contribution is 7.92. The van der Waals surface area contributed by atoms with Crippen LogP contribution in [-0.4, -0.2) is 50.9 Å². The number of benzene rings is 3. The third kappa shape index (κ3) is 8.51. The highest BCUT2D eigenvalue weighted by atomic mass is 32.2. The highest BCUT2D eigenvalue weighted by Crippen LogP contribution is 2.27. The van der Waals surface area contributed by atoms with E-state index in [0.717, 1.165) is 41.4 Å². The van der Waals surface area contributed by atoms with Crippen molar-refractivity contribution >= 4 is 27.5 Å². The topological polar surface area (TPSA) is 96.0 Å². The summed E-state index contributed by atoms with van der Waals surface area (Å²) in [6.07, 6.45) is 1.89. The van der Waals surface area contributed by atoms with Gasteiger partial charge in [-0.15, -0.1) is 0 Å². The first-order chi connectivity index (χ1) is 20.1. The van der Waals surface area contributed by atoms with Gasteiger partial charge in [0, 0.05) is 13.1 Å². The fraction of sp³-hybridized carbons (Fsp3) is 0.355. The largest absolute Gasteiger partial charge is 0.494 e. The van der Waals surface area contributed by atoms with Crippen molar-refractivity contribution in [3.8, 4) is 5.75 Å². The molecular weight excluding hydrogens is 564 g/mol. The molecule has 2 amide bonds. The molecule has 11 heteroatoms. The Balaban J connectivity index is 2.03. The lowest BCUT2D eigenvalue weighted by Gasteiger charge is -2.33. The number of anilines is 1. The molecule has 0 bridgehead atoms. The molecule has 42 heavy (non-hydrogen) atoms. The van der Waals surface area contributed by atoms with Gasteiger partial charge in [0.25, 0.3) is 10.0 Å². The van der Waals surface area contributed by atoms with Crippen LogP contribution in [0.15, 0.2) is 77.7 Å². The molecule has 8 nitrogen and oxygen atoms in total. The first kappa shape index (κ1) is 32.5. The van der Waals surface area contributed by atoms with E-state index in [0.29, 0.717) is 24.5 Å². The van der Waals surface area contributed by atoms with Gasteiger partial charge in [-0.1, -0.05) is 32.4 Å². The second kappa shape index (κ2) is 15.3. The number of nitrogens with one attached hydrogen (secondary N) is 1. The van der Waals surface area contributed by atoms with Crippen molar-refractivity contribution in [1.82, 2.24) is 10.2 Å². The Bertz CT molecular complexity index is 1420. The molecule has 1 unspecified atom stereocenters. The Morgan fingerprint density at radius 2 is 1.48 bits per heavy atom. The van der Waals surface area contributed by atoms with Gasteiger partial charge in [-0.3, -0.25) is 13.9 Å². The Morgan fingerprint density at radius 3 is 2.02 bits per heavy atom. The summed E-state index contributed by atoms with van der Waals surface area (Å²) in [5, 5.41) is 2.86. The van der Waals surface area contributed by atoms with Crippen LogP contribution in [0.5, 0.6) is 5.75 Å². The number of nitrogens with zero attached hydrogens (tertiary/aromatic N) is 2. The van der Waals surface area contributed by atoms with Crippen LogP contribution < -0.4 is 14.4 Å². The number of hydrogen-bond acceptors (Lipinski definition) is 5. The first-order valence-electron chi connectivity index (χ1n) is 13.9. The Labute approximate surface area is 246 Å². The molecule has 0 saturated heterocycles. The molecule has 3 aromatic rings. The van der Waals surface area contributed by atoms with Gasteiger partial charge in [-0.25, -0.2) is 17.2 Å². The average molecular weight is 602 g/mol. The average Bonchev–Trinajstić information content (AvgIpc) is 2.97. The van der Waals surface area contributed by atoms with Crippen molar-refractivity contribution in [1.29, 1.82) is 0 Å². The third-order valence-corrected chi connectivity index (χ3v) is 8.39. The number of rotatable bonds is 15. The number of amides is 2. The highest BCUT2D eigenvalue weighted by Gasteiger charge is 2.33. The fourth-order valence-corrected chi connectivity index (χ4v) is 5.76. The number of halogens is 2. The van der Waals surface area contributed by atoms with E-state index in [1.807, 2.05) is 13.8 Å². The summed E-state index contributed by atoms with van der Waals surface area (Å²) in [6, 6.07) is 15.1. The molecule has 3 rings (SSSR count). The molecule has 0 spiro atoms. The van der Waals surface area contributed by atoms with E-state index in [4.69, 9.17) is 4.74 Å². The predicted molar refractivity (Wildman–Crippen MR) is 157 cm³/mol. The van der Waals surface area contributed by atoms with Gasteiger partial charge >= 0.3 is 0 Å². The zero-order valence-corrected chi connectivity index (χ0v) is 24.9. The maximum Gasteiger partial charge on any atom is 0.264 e. The zero-order chi connectivity index (χ0) is 30.7. The van der Waals surface area contributed by atoms with Gasteiger partial charge in [0.2, 0.25) is 11.8 Å². The van der Waals surface area contributed by atoms with Crippen molar-refractivity contribution < 1.29 is 31.5 Å². The SMILES string of the molecule is CCCCNC(=O)C(CC)N(Cc1ccc(F)cc1)C(=O)CN(c1ccc(OCC)cc1)S(=O)(=O)c1ccc(F)cc1. The van der Waals surface area contributed by atoms with Gasteiger partial charge in [0.15, 0.2) is 0 Å². The van der Waals surface area contributed by atoms with Crippen LogP contribution >= 0.6 is 0 Å². The van der Waals surface area contributed by atoms with E-state index in [9.17, 15) is 26.8 Å². The minimum atomic E-state index is -4.35. The summed E-state index contributed by atoms with van der Waals surface area (Å²) in [5.74, 6) is -1.55. The fourth-order valence-electron chi connectivity index (χ4n) is 4.35. The molecule has 0 fully saturated rings. The van der Waals surface area contributed by atoms with E-state index < -0.39 is 40.2 Å². The molecule has 0 saturated carbocycles. The summed E-state index contributed by atoms with van der Waals surface area (Å²) in [4.78, 5) is 28.3. The van der Waals surface area contributed by atoms with E-state index in [2.05, 4.69) is 5.32 Å². The smallest absolute Gasteiger partial charge is 0.264 e. The molecule has 3 aromatic carbocycles. The summed E-state index contributed by atoms with van der Waals surface area (Å²) in [7, 11) is -4.35. The Hall–Kier alpha value is -3.99. The maximum atomic E-state index is 14.0. The van der Waals surface area contributed by atoms with Crippen LogP contribution in [0.3, 0.4) is 0 Å². The first-order valence-corrected chi connectivity index (χ1v) is 15.4. The normalized spacial score (nSPS) is 11.9. The second-order valence-electron chi connectivity index (χ2n) is 9.61. The van der Waals surface area contributed by atoms with Crippen LogP contribution in [0.4, 0.5) is 14.5 Å². The third-order valence-electron chi connectivity index (χ3n) is 6.60. The van der Waals surface area contributed by atoms with Crippen molar-refractivity contribution in [2.24, 2.45) is 0 Å². The summed E-state index contributed by atoms with van der Waals surface area (Å²) >= 11 is 0. The van der Waals surface area contributed by atoms with Crippen molar-refractivity contribution in [3.05, 3.63) is 90.0 Å². The van der Waals surface area contributed by atoms with Crippen molar-refractivity contribution in [3.63, 3.8) is 0 Å². The predicted octanol–water partition coefficient (Wildman–Crippen LogP) is 5.28. The molecule has 0 heterocycles. The lowest BCUT2D eigenvalue weighted by atomic mass is 10.1. The molecular formula is C31H37F2N3O5S. The van der Waals surface area contributed by atoms with Crippen LogP contribution in [-0.2, 0) is 26.2 Å². The number of sulfonamides is 1. The van der Waals surface area contributed by atoms with E-state index in [1.165, 1.54) is 41.3 Å². The van der Waals surface area contributed by atoms with Gasteiger partial charge in [-0.2, -0.15) is 0 Å². The summed E-state index contributed by atoms with van der Waals surface area (Å²) in [6.45, 7) is 5.71. The second-order valence-corrected chi connectivity index (χ2v) is 11.5. The minimum Gasteiger partial charge on any atom is -0.494 e. The molecule has 0 radical (unpaired) electrons. The van der Waals surface area contributed by atoms with Crippen LogP contribution in [0, 0.1) is 11.6 Å². The minimum absolute atomic E-state index is 0.0491. The summed E-state index contributed by atoms with van der Waals surface area (Å²) in [5.41, 5.74) is 0.747. The van der Waals surface area contributed by atoms with Crippen LogP contribution in [0.2, 0.25) is 0 Å². The Kier molecular flexibility index (Phi) is 11.8. The van der Waals surface area contributed by atoms with Crippen LogP contribution in [0.25, 0.3) is 0 Å². The number of hydrogen-bond donors (Lipinski definition) is 1. The standard InChI is InChI=1S/C31H37F2N3O5S/c1-4-7-20-34-31(38)29(5-2)35(21-23-8-10-24(32)11-9-23)30(37)22-36(26-14-16-27(17-15-26)41-6-3)42(39,40)28-18-12-25(33)13-19-28/h8-19,29H,4-7,20-22H2,1-3H3,(H,34,38). The lowest BCUT2D eigenvalue weighted by Crippen LogP contribution is -2.52. The van der Waals surface area contributed by atoms with Crippen molar-refractivity contribution in [2.45, 2.75) is 57.5 Å². The van der Waals surface area contributed by atoms with E-state index in [-0.39, 0.29) is 29.5 Å². The summed E-state index contributed by atoms with van der Waals surface area (Å²) < 4.78 is 61.3. The van der Waals surface area contributed by atoms with Gasteiger partial charge in [-0.05, 0) is 86.0 Å². The molecule has 0 aliphatic rings.